The Morgan fingerprint density at radius 3 is 2.28 bits per heavy atom. The number of thioether (sulfide) groups is 1. The van der Waals surface area contributed by atoms with Crippen molar-refractivity contribution in [2.75, 3.05) is 30.7 Å². The molecule has 1 saturated heterocycles. The van der Waals surface area contributed by atoms with Crippen molar-refractivity contribution >= 4 is 33.4 Å². The van der Waals surface area contributed by atoms with Gasteiger partial charge in [0.15, 0.2) is 11.6 Å². The topological polar surface area (TPSA) is 78.5 Å². The van der Waals surface area contributed by atoms with Crippen LogP contribution in [0.1, 0.15) is 45.4 Å². The molecule has 4 rings (SSSR count). The number of benzene rings is 2. The summed E-state index contributed by atoms with van der Waals surface area (Å²) in [7, 11) is -4.49. The summed E-state index contributed by atoms with van der Waals surface area (Å²) in [5.74, 6) is -2.92. The fraction of sp³-hybridized carbons (Fsp3) is 0.519. The first-order valence-electron chi connectivity index (χ1n) is 13.0. The number of hydrogen-bond acceptors (Lipinski definition) is 6. The summed E-state index contributed by atoms with van der Waals surface area (Å²) in [6.45, 7) is 2.81. The zero-order valence-electron chi connectivity index (χ0n) is 21.7. The van der Waals surface area contributed by atoms with Gasteiger partial charge in [-0.15, -0.1) is 11.8 Å². The highest BCUT2D eigenvalue weighted by molar-refractivity contribution is 7.99. The van der Waals surface area contributed by atoms with E-state index in [2.05, 4.69) is 5.32 Å². The molecule has 1 atom stereocenters. The van der Waals surface area contributed by atoms with Crippen LogP contribution in [0.2, 0.25) is 0 Å². The third kappa shape index (κ3) is 7.67. The quantitative estimate of drug-likeness (QED) is 0.267. The molecular formula is C27H33F4N3O3S2. The summed E-state index contributed by atoms with van der Waals surface area (Å²) in [4.78, 5) is 14.7. The van der Waals surface area contributed by atoms with Crippen LogP contribution in [0, 0.1) is 22.9 Å². The molecule has 2 N–H and O–H groups in total. The van der Waals surface area contributed by atoms with Gasteiger partial charge in [-0.3, -0.25) is 9.69 Å². The van der Waals surface area contributed by atoms with Crippen LogP contribution in [-0.2, 0) is 14.8 Å². The minimum atomic E-state index is -4.49. The highest BCUT2D eigenvalue weighted by Gasteiger charge is 2.37. The molecule has 2 aromatic rings. The molecule has 0 radical (unpaired) electrons. The van der Waals surface area contributed by atoms with E-state index < -0.39 is 55.8 Å². The van der Waals surface area contributed by atoms with E-state index in [1.54, 1.807) is 19.1 Å². The summed E-state index contributed by atoms with van der Waals surface area (Å²) in [6.07, 6.45) is 3.23. The smallest absolute Gasteiger partial charge is 0.264 e. The maximum Gasteiger partial charge on any atom is 0.264 e. The molecule has 2 fully saturated rings. The molecule has 0 bridgehead atoms. The number of rotatable bonds is 11. The molecule has 1 aliphatic heterocycles. The molecule has 2 aromatic carbocycles. The number of carbonyl (C=O) groups is 1. The third-order valence-corrected chi connectivity index (χ3v) is 9.86. The van der Waals surface area contributed by atoms with Crippen LogP contribution in [0.4, 0.5) is 23.2 Å². The Hall–Kier alpha value is -2.31. The highest BCUT2D eigenvalue weighted by atomic mass is 32.2. The maximum absolute atomic E-state index is 15.1. The standard InChI is InChI=1S/C27H33F4N3O3S2/c1-27(10-3-2-4-11-27)26(35)33-39(36,37)22-13-23(30)25(24(31)14-22)32-20(9-12-34-15-19(29)16-34)17-38-21-7-5-18(28)6-8-21/h5-8,13-14,19-20,32H,2-4,9-12,15-17H2,1H3,(H,33,35)/t20-/m1/s1. The van der Waals surface area contributed by atoms with E-state index in [9.17, 15) is 22.0 Å². The number of nitrogens with zero attached hydrogens (tertiary/aromatic N) is 1. The number of carbonyl (C=O) groups excluding carboxylic acids is 1. The van der Waals surface area contributed by atoms with Gasteiger partial charge in [0.05, 0.1) is 4.90 Å². The second kappa shape index (κ2) is 12.5. The molecule has 12 heteroatoms. The number of halogens is 4. The average molecular weight is 588 g/mol. The molecule has 39 heavy (non-hydrogen) atoms. The minimum absolute atomic E-state index is 0.303. The lowest BCUT2D eigenvalue weighted by Crippen LogP contribution is -2.49. The second-order valence-electron chi connectivity index (χ2n) is 10.6. The van der Waals surface area contributed by atoms with Gasteiger partial charge in [0.1, 0.15) is 17.7 Å². The Morgan fingerprint density at radius 1 is 1.08 bits per heavy atom. The van der Waals surface area contributed by atoms with E-state index in [1.165, 1.54) is 23.9 Å². The van der Waals surface area contributed by atoms with Crippen LogP contribution in [0.25, 0.3) is 0 Å². The lowest BCUT2D eigenvalue weighted by molar-refractivity contribution is -0.129. The summed E-state index contributed by atoms with van der Waals surface area (Å²) in [6, 6.07) is 6.76. The van der Waals surface area contributed by atoms with Crippen molar-refractivity contribution in [3.63, 3.8) is 0 Å². The predicted molar refractivity (Wildman–Crippen MR) is 143 cm³/mol. The Labute approximate surface area is 231 Å². The maximum atomic E-state index is 15.1. The number of amides is 1. The summed E-state index contributed by atoms with van der Waals surface area (Å²) >= 11 is 1.36. The van der Waals surface area contributed by atoms with Gasteiger partial charge < -0.3 is 5.32 Å². The number of sulfonamides is 1. The lowest BCUT2D eigenvalue weighted by Gasteiger charge is -2.35. The van der Waals surface area contributed by atoms with Gasteiger partial charge in [-0.05, 0) is 55.7 Å². The van der Waals surface area contributed by atoms with Crippen LogP contribution in [-0.4, -0.2) is 56.8 Å². The van der Waals surface area contributed by atoms with Gasteiger partial charge in [0.25, 0.3) is 10.0 Å². The van der Waals surface area contributed by atoms with Crippen LogP contribution in [0.5, 0.6) is 0 Å². The predicted octanol–water partition coefficient (Wildman–Crippen LogP) is 5.50. The lowest BCUT2D eigenvalue weighted by atomic mass is 9.75. The first-order valence-corrected chi connectivity index (χ1v) is 15.5. The molecule has 1 heterocycles. The Balaban J connectivity index is 1.47. The second-order valence-corrected chi connectivity index (χ2v) is 13.3. The van der Waals surface area contributed by atoms with E-state index in [1.807, 2.05) is 9.62 Å². The van der Waals surface area contributed by atoms with Crippen LogP contribution in [0.3, 0.4) is 0 Å². The van der Waals surface area contributed by atoms with Gasteiger partial charge in [0, 0.05) is 41.7 Å². The van der Waals surface area contributed by atoms with E-state index >= 15 is 8.78 Å². The number of alkyl halides is 1. The van der Waals surface area contributed by atoms with Crippen molar-refractivity contribution < 1.29 is 30.8 Å². The number of nitrogens with one attached hydrogen (secondary N) is 2. The van der Waals surface area contributed by atoms with Gasteiger partial charge in [-0.25, -0.2) is 30.7 Å². The third-order valence-electron chi connectivity index (χ3n) is 7.38. The molecule has 2 aliphatic rings. The van der Waals surface area contributed by atoms with Gasteiger partial charge in [0.2, 0.25) is 5.91 Å². The van der Waals surface area contributed by atoms with Gasteiger partial charge >= 0.3 is 0 Å². The molecule has 214 valence electrons. The van der Waals surface area contributed by atoms with Crippen molar-refractivity contribution in [3.8, 4) is 0 Å². The number of likely N-dealkylation sites (tertiary alicyclic amines) is 1. The zero-order valence-corrected chi connectivity index (χ0v) is 23.3. The van der Waals surface area contributed by atoms with E-state index in [-0.39, 0.29) is 5.82 Å². The zero-order chi connectivity index (χ0) is 28.2. The van der Waals surface area contributed by atoms with Crippen molar-refractivity contribution in [1.29, 1.82) is 0 Å². The number of hydrogen-bond donors (Lipinski definition) is 2. The molecule has 1 saturated carbocycles. The highest BCUT2D eigenvalue weighted by Crippen LogP contribution is 2.36. The number of anilines is 1. The van der Waals surface area contributed by atoms with Gasteiger partial charge in [-0.2, -0.15) is 0 Å². The molecule has 0 spiro atoms. The molecular weight excluding hydrogens is 554 g/mol. The van der Waals surface area contributed by atoms with Gasteiger partial charge in [-0.1, -0.05) is 26.2 Å². The fourth-order valence-corrected chi connectivity index (χ4v) is 6.96. The molecule has 0 aromatic heterocycles. The Bertz CT molecular complexity index is 1240. The van der Waals surface area contributed by atoms with E-state index in [0.29, 0.717) is 56.8 Å². The summed E-state index contributed by atoms with van der Waals surface area (Å²) < 4.78 is 84.4. The molecule has 1 aliphatic carbocycles. The Kier molecular flexibility index (Phi) is 9.49. The average Bonchev–Trinajstić information content (AvgIpc) is 2.87. The largest absolute Gasteiger partial charge is 0.377 e. The van der Waals surface area contributed by atoms with Crippen molar-refractivity contribution in [2.45, 2.75) is 67.5 Å². The van der Waals surface area contributed by atoms with Crippen molar-refractivity contribution in [1.82, 2.24) is 9.62 Å². The monoisotopic (exact) mass is 587 g/mol. The summed E-state index contributed by atoms with van der Waals surface area (Å²) in [5.41, 5.74) is -1.34. The first-order chi connectivity index (χ1) is 18.4. The molecule has 0 unspecified atom stereocenters. The first kappa shape index (κ1) is 29.7. The fourth-order valence-electron chi connectivity index (χ4n) is 4.86. The van der Waals surface area contributed by atoms with Crippen molar-refractivity contribution in [2.24, 2.45) is 5.41 Å². The SMILES string of the molecule is CC1(C(=O)NS(=O)(=O)c2cc(F)c(N[C@H](CCN3CC(F)C3)CSc3ccc(F)cc3)c(F)c2)CCCCC1. The van der Waals surface area contributed by atoms with Crippen LogP contribution < -0.4 is 10.0 Å². The van der Waals surface area contributed by atoms with E-state index in [0.717, 1.165) is 24.2 Å². The molecule has 1 amide bonds. The Morgan fingerprint density at radius 2 is 1.69 bits per heavy atom. The van der Waals surface area contributed by atoms with E-state index in [4.69, 9.17) is 0 Å². The normalized spacial score (nSPS) is 18.8. The van der Waals surface area contributed by atoms with Crippen molar-refractivity contribution in [3.05, 3.63) is 53.8 Å². The van der Waals surface area contributed by atoms with Crippen LogP contribution >= 0.6 is 11.8 Å². The van der Waals surface area contributed by atoms with Crippen LogP contribution in [0.15, 0.2) is 46.2 Å². The molecule has 6 nitrogen and oxygen atoms in total. The summed E-state index contributed by atoms with van der Waals surface area (Å²) in [5, 5.41) is 2.84. The minimum Gasteiger partial charge on any atom is -0.377 e.